The maximum absolute atomic E-state index is 14.0. The lowest BCUT2D eigenvalue weighted by molar-refractivity contribution is -0.140. The summed E-state index contributed by atoms with van der Waals surface area (Å²) < 4.78 is 72.5. The molecule has 146 valence electrons. The van der Waals surface area contributed by atoms with Crippen LogP contribution in [0.2, 0.25) is 0 Å². The Morgan fingerprint density at radius 3 is 2.39 bits per heavy atom. The van der Waals surface area contributed by atoms with Crippen molar-refractivity contribution in [3.8, 4) is 11.8 Å². The number of fused-ring (bicyclic) bond motifs is 1. The molecule has 0 saturated heterocycles. The van der Waals surface area contributed by atoms with E-state index in [2.05, 4.69) is 0 Å². The van der Waals surface area contributed by atoms with Gasteiger partial charge in [-0.25, -0.2) is 8.78 Å². The number of ether oxygens (including phenoxy) is 1. The molecular formula is C19H14F5N3O. The quantitative estimate of drug-likeness (QED) is 0.772. The van der Waals surface area contributed by atoms with Gasteiger partial charge >= 0.3 is 6.18 Å². The first kappa shape index (κ1) is 19.5. The average Bonchev–Trinajstić information content (AvgIpc) is 2.61. The summed E-state index contributed by atoms with van der Waals surface area (Å²) in [6.07, 6.45) is -5.11. The maximum Gasteiger partial charge on any atom is 0.419 e. The van der Waals surface area contributed by atoms with Crippen LogP contribution in [0.3, 0.4) is 0 Å². The average molecular weight is 395 g/mol. The second-order valence-corrected chi connectivity index (χ2v) is 6.40. The van der Waals surface area contributed by atoms with E-state index in [-0.39, 0.29) is 22.8 Å². The molecule has 1 aliphatic heterocycles. The van der Waals surface area contributed by atoms with Crippen LogP contribution in [0.25, 0.3) is 0 Å². The number of benzene rings is 2. The van der Waals surface area contributed by atoms with Crippen molar-refractivity contribution in [3.63, 3.8) is 0 Å². The van der Waals surface area contributed by atoms with Gasteiger partial charge in [-0.05, 0) is 23.8 Å². The lowest BCUT2D eigenvalue weighted by Gasteiger charge is -2.28. The highest BCUT2D eigenvalue weighted by molar-refractivity contribution is 5.61. The summed E-state index contributed by atoms with van der Waals surface area (Å²) >= 11 is 0. The largest absolute Gasteiger partial charge is 0.440 e. The Hall–Kier alpha value is -3.28. The molecule has 9 heteroatoms. The molecular weight excluding hydrogens is 381 g/mol. The molecule has 3 rings (SSSR count). The molecule has 4 nitrogen and oxygen atoms in total. The first-order valence-corrected chi connectivity index (χ1v) is 7.99. The predicted molar refractivity (Wildman–Crippen MR) is 91.4 cm³/mol. The van der Waals surface area contributed by atoms with E-state index >= 15 is 0 Å². The van der Waals surface area contributed by atoms with Crippen molar-refractivity contribution < 1.29 is 26.7 Å². The van der Waals surface area contributed by atoms with Crippen molar-refractivity contribution in [2.75, 3.05) is 19.0 Å². The van der Waals surface area contributed by atoms with Crippen molar-refractivity contribution in [1.29, 1.82) is 5.26 Å². The highest BCUT2D eigenvalue weighted by Gasteiger charge is 2.38. The number of nitrogens with zero attached hydrogens (tertiary/aromatic N) is 2. The minimum atomic E-state index is -5.11. The van der Waals surface area contributed by atoms with E-state index in [1.54, 1.807) is 43.3 Å². The SMILES string of the molecule is CN(C)c1ccc2c(c1)OC(N)=C(C#N)C2c1cc(F)c(F)c(C(F)(F)F)c1. The Bertz CT molecular complexity index is 1020. The number of alkyl halides is 3. The predicted octanol–water partition coefficient (Wildman–Crippen LogP) is 4.27. The fourth-order valence-electron chi connectivity index (χ4n) is 3.05. The van der Waals surface area contributed by atoms with E-state index in [4.69, 9.17) is 10.5 Å². The zero-order valence-electron chi connectivity index (χ0n) is 14.7. The lowest BCUT2D eigenvalue weighted by Crippen LogP contribution is -2.22. The van der Waals surface area contributed by atoms with E-state index in [1.807, 2.05) is 0 Å². The van der Waals surface area contributed by atoms with Crippen molar-refractivity contribution in [1.82, 2.24) is 0 Å². The van der Waals surface area contributed by atoms with Gasteiger partial charge in [0, 0.05) is 31.4 Å². The lowest BCUT2D eigenvalue weighted by atomic mass is 9.82. The number of hydrogen-bond donors (Lipinski definition) is 1. The Morgan fingerprint density at radius 2 is 1.82 bits per heavy atom. The standard InChI is InChI=1S/C19H14F5N3O/c1-27(2)10-3-4-11-15(7-10)28-18(26)12(8-25)16(11)9-5-13(19(22,23)24)17(21)14(20)6-9/h3-7,16H,26H2,1-2H3. The summed E-state index contributed by atoms with van der Waals surface area (Å²) in [4.78, 5) is 1.76. The zero-order valence-corrected chi connectivity index (χ0v) is 14.7. The van der Waals surface area contributed by atoms with Gasteiger partial charge in [0.1, 0.15) is 17.4 Å². The molecule has 0 bridgehead atoms. The normalized spacial score (nSPS) is 16.3. The highest BCUT2D eigenvalue weighted by atomic mass is 19.4. The van der Waals surface area contributed by atoms with Crippen LogP contribution < -0.4 is 15.4 Å². The van der Waals surface area contributed by atoms with Crippen molar-refractivity contribution in [2.24, 2.45) is 5.73 Å². The number of nitriles is 1. The van der Waals surface area contributed by atoms with Gasteiger partial charge in [0.15, 0.2) is 11.6 Å². The van der Waals surface area contributed by atoms with E-state index in [1.165, 1.54) is 0 Å². The molecule has 0 aliphatic carbocycles. The van der Waals surface area contributed by atoms with Gasteiger partial charge in [0.25, 0.3) is 0 Å². The van der Waals surface area contributed by atoms with Crippen LogP contribution in [-0.4, -0.2) is 14.1 Å². The van der Waals surface area contributed by atoms with E-state index in [0.29, 0.717) is 23.4 Å². The molecule has 1 atom stereocenters. The van der Waals surface area contributed by atoms with Gasteiger partial charge < -0.3 is 15.4 Å². The highest BCUT2D eigenvalue weighted by Crippen LogP contribution is 2.45. The summed E-state index contributed by atoms with van der Waals surface area (Å²) in [5.74, 6) is -4.90. The molecule has 0 spiro atoms. The fraction of sp³-hybridized carbons (Fsp3) is 0.211. The smallest absolute Gasteiger partial charge is 0.419 e. The van der Waals surface area contributed by atoms with Crippen LogP contribution in [0.1, 0.15) is 22.6 Å². The molecule has 1 heterocycles. The van der Waals surface area contributed by atoms with E-state index < -0.39 is 29.3 Å². The van der Waals surface area contributed by atoms with Crippen molar-refractivity contribution >= 4 is 5.69 Å². The third kappa shape index (κ3) is 3.22. The molecule has 2 N–H and O–H groups in total. The van der Waals surface area contributed by atoms with Crippen LogP contribution in [-0.2, 0) is 6.18 Å². The molecule has 2 aromatic carbocycles. The number of halogens is 5. The van der Waals surface area contributed by atoms with Crippen molar-refractivity contribution in [3.05, 3.63) is 70.1 Å². The van der Waals surface area contributed by atoms with Gasteiger partial charge in [-0.2, -0.15) is 18.4 Å². The second kappa shape index (κ2) is 6.71. The van der Waals surface area contributed by atoms with Gasteiger partial charge in [0.2, 0.25) is 5.88 Å². The van der Waals surface area contributed by atoms with Crippen LogP contribution in [0.15, 0.2) is 41.8 Å². The maximum atomic E-state index is 14.0. The molecule has 0 amide bonds. The zero-order chi connectivity index (χ0) is 20.8. The van der Waals surface area contributed by atoms with E-state index in [0.717, 1.165) is 0 Å². The monoisotopic (exact) mass is 395 g/mol. The van der Waals surface area contributed by atoms with Crippen molar-refractivity contribution in [2.45, 2.75) is 12.1 Å². The number of nitrogens with two attached hydrogens (primary N) is 1. The van der Waals surface area contributed by atoms with E-state index in [9.17, 15) is 27.2 Å². The Kier molecular flexibility index (Phi) is 4.67. The van der Waals surface area contributed by atoms with Crippen LogP contribution >= 0.6 is 0 Å². The summed E-state index contributed by atoms with van der Waals surface area (Å²) in [6, 6.07) is 7.72. The molecule has 0 radical (unpaired) electrons. The topological polar surface area (TPSA) is 62.3 Å². The first-order chi connectivity index (χ1) is 13.0. The third-order valence-corrected chi connectivity index (χ3v) is 4.41. The summed E-state index contributed by atoms with van der Waals surface area (Å²) in [6.45, 7) is 0. The summed E-state index contributed by atoms with van der Waals surface area (Å²) in [5.41, 5.74) is 4.61. The summed E-state index contributed by atoms with van der Waals surface area (Å²) in [5, 5.41) is 9.45. The van der Waals surface area contributed by atoms with Gasteiger partial charge in [-0.3, -0.25) is 0 Å². The molecule has 0 aromatic heterocycles. The first-order valence-electron chi connectivity index (χ1n) is 7.99. The molecule has 0 saturated carbocycles. The number of hydrogen-bond acceptors (Lipinski definition) is 4. The number of anilines is 1. The molecule has 28 heavy (non-hydrogen) atoms. The van der Waals surface area contributed by atoms with Gasteiger partial charge in [0.05, 0.1) is 11.5 Å². The third-order valence-electron chi connectivity index (χ3n) is 4.41. The van der Waals surface area contributed by atoms with Gasteiger partial charge in [-0.15, -0.1) is 0 Å². The van der Waals surface area contributed by atoms with Crippen LogP contribution in [0.4, 0.5) is 27.6 Å². The van der Waals surface area contributed by atoms with Crippen LogP contribution in [0.5, 0.6) is 5.75 Å². The Labute approximate surface area is 157 Å². The molecule has 1 aliphatic rings. The number of allylic oxidation sites excluding steroid dienone is 1. The Morgan fingerprint density at radius 1 is 1.14 bits per heavy atom. The molecule has 2 aromatic rings. The summed E-state index contributed by atoms with van der Waals surface area (Å²) in [7, 11) is 3.54. The Balaban J connectivity index is 2.27. The fourth-order valence-corrected chi connectivity index (χ4v) is 3.05. The molecule has 1 unspecified atom stereocenters. The molecule has 0 fully saturated rings. The minimum Gasteiger partial charge on any atom is -0.440 e. The van der Waals surface area contributed by atoms with Crippen LogP contribution in [0, 0.1) is 23.0 Å². The second-order valence-electron chi connectivity index (χ2n) is 6.40. The number of rotatable bonds is 2. The minimum absolute atomic E-state index is 0.191. The van der Waals surface area contributed by atoms with Gasteiger partial charge in [-0.1, -0.05) is 6.07 Å².